The van der Waals surface area contributed by atoms with Gasteiger partial charge in [0.15, 0.2) is 11.6 Å². The third-order valence-electron chi connectivity index (χ3n) is 6.95. The second-order valence-electron chi connectivity index (χ2n) is 13.4. The predicted octanol–water partition coefficient (Wildman–Crippen LogP) is 6.08. The van der Waals surface area contributed by atoms with E-state index in [-0.39, 0.29) is 16.3 Å². The number of nitrogens with one attached hydrogen (secondary N) is 2. The molecule has 2 atom stereocenters. The summed E-state index contributed by atoms with van der Waals surface area (Å²) in [5, 5.41) is 1.17. The first-order chi connectivity index (χ1) is 21.6. The molecule has 1 aromatic carbocycles. The number of halogens is 5. The van der Waals surface area contributed by atoms with Gasteiger partial charge < -0.3 is 19.5 Å². The Kier molecular flexibility index (Phi) is 10.3. The van der Waals surface area contributed by atoms with E-state index in [4.69, 9.17) is 25.8 Å². The second kappa shape index (κ2) is 13.3. The second-order valence-corrected chi connectivity index (χ2v) is 15.8. The minimum atomic E-state index is -4.16. The van der Waals surface area contributed by atoms with Crippen LogP contribution in [0.3, 0.4) is 0 Å². The van der Waals surface area contributed by atoms with Crippen molar-refractivity contribution in [3.63, 3.8) is 0 Å². The number of hydrogen-bond donors (Lipinski definition) is 2. The zero-order valence-electron chi connectivity index (χ0n) is 26.6. The van der Waals surface area contributed by atoms with Gasteiger partial charge >= 0.3 is 12.2 Å². The van der Waals surface area contributed by atoms with Crippen molar-refractivity contribution in [3.8, 4) is 11.6 Å². The molecule has 1 saturated carbocycles. The summed E-state index contributed by atoms with van der Waals surface area (Å²) in [7, 11) is -4.16. The highest BCUT2D eigenvalue weighted by Gasteiger charge is 2.59. The summed E-state index contributed by atoms with van der Waals surface area (Å²) in [6.45, 7) is 7.94. The summed E-state index contributed by atoms with van der Waals surface area (Å²) in [4.78, 5) is 29.7. The van der Waals surface area contributed by atoms with Gasteiger partial charge in [-0.3, -0.25) is 4.90 Å². The van der Waals surface area contributed by atoms with Crippen molar-refractivity contribution in [1.82, 2.24) is 19.9 Å². The molecular formula is C30H37ClF4N4O7S. The zero-order valence-corrected chi connectivity index (χ0v) is 28.2. The molecule has 260 valence electrons. The highest BCUT2D eigenvalue weighted by molar-refractivity contribution is 7.90. The van der Waals surface area contributed by atoms with Crippen molar-refractivity contribution >= 4 is 33.8 Å². The molecule has 2 N–H and O–H groups in total. The largest absolute Gasteiger partial charge is 0.444 e. The van der Waals surface area contributed by atoms with Gasteiger partial charge in [-0.25, -0.2) is 45.3 Å². The number of alkyl carbamates (subject to hydrolysis) is 1. The maximum Gasteiger partial charge on any atom is 0.410 e. The summed E-state index contributed by atoms with van der Waals surface area (Å²) < 4.78 is 105. The number of amides is 2. The molecule has 0 spiro atoms. The van der Waals surface area contributed by atoms with E-state index < -0.39 is 99.4 Å². The van der Waals surface area contributed by atoms with E-state index in [1.54, 1.807) is 20.8 Å². The number of rotatable bonds is 9. The maximum absolute atomic E-state index is 15.9. The third-order valence-corrected chi connectivity index (χ3v) is 9.15. The van der Waals surface area contributed by atoms with Gasteiger partial charge in [0.1, 0.15) is 28.1 Å². The van der Waals surface area contributed by atoms with Gasteiger partial charge in [-0.05, 0) is 78.5 Å². The summed E-state index contributed by atoms with van der Waals surface area (Å²) in [5.74, 6) is -6.56. The average molecular weight is 709 g/mol. The number of alkyl halides is 2. The van der Waals surface area contributed by atoms with E-state index >= 15 is 13.2 Å². The lowest BCUT2D eigenvalue weighted by Gasteiger charge is -2.30. The Morgan fingerprint density at radius 3 is 2.32 bits per heavy atom. The fraction of sp³-hybridized carbons (Fsp3) is 0.567. The molecular weight excluding hydrogens is 672 g/mol. The molecule has 2 aliphatic rings. The van der Waals surface area contributed by atoms with Crippen LogP contribution in [0.2, 0.25) is 5.02 Å². The molecule has 2 fully saturated rings. The van der Waals surface area contributed by atoms with Crippen LogP contribution in [0.15, 0.2) is 24.3 Å². The van der Waals surface area contributed by atoms with Crippen LogP contribution in [-0.2, 0) is 32.5 Å². The number of likely N-dealkylation sites (tertiary alicyclic amines) is 1. The number of sulfonamides is 1. The number of aromatic nitrogens is 1. The van der Waals surface area contributed by atoms with Crippen LogP contribution in [0.1, 0.15) is 65.6 Å². The smallest absolute Gasteiger partial charge is 0.410 e. The predicted molar refractivity (Wildman–Crippen MR) is 163 cm³/mol. The first-order valence-electron chi connectivity index (χ1n) is 14.7. The Morgan fingerprint density at radius 2 is 1.72 bits per heavy atom. The lowest BCUT2D eigenvalue weighted by Crippen LogP contribution is -2.53. The number of carbonyl (C=O) groups is 2. The van der Waals surface area contributed by atoms with Crippen LogP contribution in [0.5, 0.6) is 11.6 Å². The van der Waals surface area contributed by atoms with E-state index in [1.165, 1.54) is 39.0 Å². The van der Waals surface area contributed by atoms with Crippen LogP contribution >= 0.6 is 11.6 Å². The average Bonchev–Trinajstić information content (AvgIpc) is 3.73. The van der Waals surface area contributed by atoms with Crippen molar-refractivity contribution in [2.45, 2.75) is 102 Å². The molecule has 1 aromatic heterocycles. The number of ether oxygens (including phenoxy) is 3. The number of carbonyl (C=O) groups excluding carboxylic acids is 2. The highest BCUT2D eigenvalue weighted by atomic mass is 35.5. The maximum atomic E-state index is 15.9. The van der Waals surface area contributed by atoms with E-state index in [2.05, 4.69) is 15.0 Å². The summed E-state index contributed by atoms with van der Waals surface area (Å²) >= 11 is 6.11. The van der Waals surface area contributed by atoms with Gasteiger partial charge in [-0.1, -0.05) is 23.7 Å². The first-order valence-corrected chi connectivity index (χ1v) is 16.6. The molecule has 47 heavy (non-hydrogen) atoms. The van der Waals surface area contributed by atoms with Crippen LogP contribution in [0.25, 0.3) is 0 Å². The van der Waals surface area contributed by atoms with Crippen LogP contribution in [-0.4, -0.2) is 71.5 Å². The number of nitrogens with zero attached hydrogens (tertiary/aromatic N) is 2. The third kappa shape index (κ3) is 9.38. The molecule has 4 rings (SSSR count). The van der Waals surface area contributed by atoms with Crippen molar-refractivity contribution in [3.05, 3.63) is 52.2 Å². The van der Waals surface area contributed by atoms with Crippen LogP contribution < -0.4 is 14.8 Å². The highest BCUT2D eigenvalue weighted by Crippen LogP contribution is 2.39. The molecule has 1 aliphatic heterocycles. The Morgan fingerprint density at radius 1 is 1.09 bits per heavy atom. The number of hydrogen-bond acceptors (Lipinski definition) is 8. The van der Waals surface area contributed by atoms with Crippen molar-refractivity contribution in [2.24, 2.45) is 0 Å². The van der Waals surface area contributed by atoms with Gasteiger partial charge in [0, 0.05) is 0 Å². The van der Waals surface area contributed by atoms with Crippen molar-refractivity contribution in [1.29, 1.82) is 0 Å². The summed E-state index contributed by atoms with van der Waals surface area (Å²) in [6, 6.07) is 0.988. The van der Waals surface area contributed by atoms with Gasteiger partial charge in [-0.15, -0.1) is 0 Å². The standard InChI is InChI=1S/C30H37ClF4N4O7S/c1-28(2,3)45-26(40)36-14-20-19(32)13-18(31)25(37-20)44-22-9-7-8-16(23(22)33)12-21-24(38-47(42,43)17-10-11-17)30(34,35)15-39(21)27(41)46-29(4,5)6/h7-9,13,17,21,24,38H,10-12,14-15H2,1-6H3,(H,36,40)/t21-,24+/m0/s1. The fourth-order valence-corrected chi connectivity index (χ4v) is 6.55. The van der Waals surface area contributed by atoms with Gasteiger partial charge in [0.25, 0.3) is 5.92 Å². The number of benzene rings is 1. The Labute approximate surface area is 275 Å². The van der Waals surface area contributed by atoms with Crippen molar-refractivity contribution < 1.29 is 49.8 Å². The Bertz CT molecular complexity index is 1630. The van der Waals surface area contributed by atoms with E-state index in [1.807, 2.05) is 0 Å². The van der Waals surface area contributed by atoms with E-state index in [0.29, 0.717) is 17.7 Å². The zero-order chi connectivity index (χ0) is 35.1. The van der Waals surface area contributed by atoms with Gasteiger partial charge in [0.2, 0.25) is 15.9 Å². The van der Waals surface area contributed by atoms with E-state index in [9.17, 15) is 22.4 Å². The molecule has 17 heteroatoms. The molecule has 0 bridgehead atoms. The summed E-state index contributed by atoms with van der Waals surface area (Å²) in [5.41, 5.74) is -2.39. The van der Waals surface area contributed by atoms with Gasteiger partial charge in [0.05, 0.1) is 30.1 Å². The Hall–Kier alpha value is -3.37. The minimum Gasteiger partial charge on any atom is -0.444 e. The Balaban J connectivity index is 1.62. The molecule has 2 heterocycles. The van der Waals surface area contributed by atoms with Crippen LogP contribution in [0.4, 0.5) is 27.2 Å². The van der Waals surface area contributed by atoms with Gasteiger partial charge in [-0.2, -0.15) is 0 Å². The van der Waals surface area contributed by atoms with E-state index in [0.717, 1.165) is 6.07 Å². The lowest BCUT2D eigenvalue weighted by molar-refractivity contribution is -0.0123. The molecule has 11 nitrogen and oxygen atoms in total. The SMILES string of the molecule is CC(C)(C)OC(=O)NCc1nc(Oc2cccc(C[C@H]3[C@@H](NS(=O)(=O)C4CC4)C(F)(F)CN3C(=O)OC(C)(C)C)c2F)c(Cl)cc1F. The summed E-state index contributed by atoms with van der Waals surface area (Å²) in [6.07, 6.45) is -1.92. The molecule has 1 saturated heterocycles. The molecule has 2 aromatic rings. The number of pyridine rings is 1. The fourth-order valence-electron chi connectivity index (χ4n) is 4.74. The molecule has 0 radical (unpaired) electrons. The quantitative estimate of drug-likeness (QED) is 0.300. The normalized spacial score (nSPS) is 19.8. The topological polar surface area (TPSA) is 136 Å². The lowest BCUT2D eigenvalue weighted by atomic mass is 9.98. The van der Waals surface area contributed by atoms with Crippen molar-refractivity contribution in [2.75, 3.05) is 6.54 Å². The minimum absolute atomic E-state index is 0.209. The molecule has 0 unspecified atom stereocenters. The molecule has 1 aliphatic carbocycles. The molecule has 2 amide bonds. The monoisotopic (exact) mass is 708 g/mol. The first kappa shape index (κ1) is 36.5. The van der Waals surface area contributed by atoms with Crippen LogP contribution in [0, 0.1) is 11.6 Å².